The van der Waals surface area contributed by atoms with Crippen molar-refractivity contribution < 1.29 is 9.47 Å². The fraction of sp³-hybridized carbons (Fsp3) is 0.294. The van der Waals surface area contributed by atoms with Gasteiger partial charge in [0.25, 0.3) is 0 Å². The van der Waals surface area contributed by atoms with Gasteiger partial charge in [-0.05, 0) is 18.6 Å². The van der Waals surface area contributed by atoms with E-state index in [1.165, 1.54) is 5.56 Å². The summed E-state index contributed by atoms with van der Waals surface area (Å²) in [5.41, 5.74) is 2.24. The monoisotopic (exact) mass is 305 g/mol. The average Bonchev–Trinajstić information content (AvgIpc) is 2.50. The number of halogens is 1. The first kappa shape index (κ1) is 15.7. The minimum atomic E-state index is 0.587. The van der Waals surface area contributed by atoms with Gasteiger partial charge in [-0.15, -0.1) is 0 Å². The Morgan fingerprint density at radius 2 is 1.86 bits per heavy atom. The summed E-state index contributed by atoms with van der Waals surface area (Å²) in [6, 6.07) is 13.9. The lowest BCUT2D eigenvalue weighted by atomic mass is 10.1. The quantitative estimate of drug-likeness (QED) is 0.837. The Bertz CT molecular complexity index is 573. The number of ether oxygens (including phenoxy) is 2. The maximum Gasteiger partial charge on any atom is 0.165 e. The van der Waals surface area contributed by atoms with Crippen molar-refractivity contribution in [3.63, 3.8) is 0 Å². The molecule has 0 fully saturated rings. The number of nitrogens with one attached hydrogen (secondary N) is 1. The zero-order valence-electron chi connectivity index (χ0n) is 12.4. The Hall–Kier alpha value is -1.71. The molecule has 1 N–H and O–H groups in total. The molecule has 0 amide bonds. The maximum absolute atomic E-state index is 6.13. The van der Waals surface area contributed by atoms with Gasteiger partial charge in [-0.3, -0.25) is 0 Å². The first-order valence-corrected chi connectivity index (χ1v) is 7.36. The SMILES string of the molecule is CCOc1c(CNCc2ccccc2)cc(Cl)cc1OC. The summed E-state index contributed by atoms with van der Waals surface area (Å²) >= 11 is 6.13. The van der Waals surface area contributed by atoms with Gasteiger partial charge in [-0.2, -0.15) is 0 Å². The summed E-state index contributed by atoms with van der Waals surface area (Å²) in [6.07, 6.45) is 0. The van der Waals surface area contributed by atoms with Crippen LogP contribution in [0.15, 0.2) is 42.5 Å². The van der Waals surface area contributed by atoms with E-state index >= 15 is 0 Å². The van der Waals surface area contributed by atoms with Gasteiger partial charge >= 0.3 is 0 Å². The van der Waals surface area contributed by atoms with Gasteiger partial charge in [0.1, 0.15) is 0 Å². The molecule has 0 radical (unpaired) electrons. The molecule has 112 valence electrons. The molecule has 4 heteroatoms. The molecule has 0 atom stereocenters. The molecule has 21 heavy (non-hydrogen) atoms. The first-order valence-electron chi connectivity index (χ1n) is 6.98. The minimum absolute atomic E-state index is 0.587. The molecule has 2 aromatic rings. The lowest BCUT2D eigenvalue weighted by Crippen LogP contribution is -2.14. The molecule has 0 unspecified atom stereocenters. The van der Waals surface area contributed by atoms with Gasteiger partial charge < -0.3 is 14.8 Å². The van der Waals surface area contributed by atoms with Crippen LogP contribution in [0.4, 0.5) is 0 Å². The molecule has 0 aromatic heterocycles. The predicted molar refractivity (Wildman–Crippen MR) is 86.2 cm³/mol. The van der Waals surface area contributed by atoms with Crippen molar-refractivity contribution in [2.45, 2.75) is 20.0 Å². The van der Waals surface area contributed by atoms with Gasteiger partial charge in [0.15, 0.2) is 11.5 Å². The molecule has 0 aliphatic rings. The van der Waals surface area contributed by atoms with Gasteiger partial charge in [0.05, 0.1) is 13.7 Å². The van der Waals surface area contributed by atoms with Crippen molar-refractivity contribution >= 4 is 11.6 Å². The second-order valence-corrected chi connectivity index (χ2v) is 5.05. The number of hydrogen-bond donors (Lipinski definition) is 1. The minimum Gasteiger partial charge on any atom is -0.493 e. The van der Waals surface area contributed by atoms with Crippen molar-refractivity contribution in [3.05, 3.63) is 58.6 Å². The second kappa shape index (κ2) is 7.91. The molecule has 0 spiro atoms. The smallest absolute Gasteiger partial charge is 0.165 e. The summed E-state index contributed by atoms with van der Waals surface area (Å²) in [4.78, 5) is 0. The van der Waals surface area contributed by atoms with Crippen LogP contribution in [0.1, 0.15) is 18.1 Å². The van der Waals surface area contributed by atoms with E-state index in [0.29, 0.717) is 23.9 Å². The summed E-state index contributed by atoms with van der Waals surface area (Å²) in [5, 5.41) is 4.05. The Morgan fingerprint density at radius 3 is 2.52 bits per heavy atom. The van der Waals surface area contributed by atoms with E-state index in [0.717, 1.165) is 17.9 Å². The van der Waals surface area contributed by atoms with Crippen LogP contribution in [0.3, 0.4) is 0 Å². The number of methoxy groups -OCH3 is 1. The second-order valence-electron chi connectivity index (χ2n) is 4.62. The van der Waals surface area contributed by atoms with E-state index in [1.54, 1.807) is 13.2 Å². The van der Waals surface area contributed by atoms with Crippen LogP contribution in [0.5, 0.6) is 11.5 Å². The van der Waals surface area contributed by atoms with E-state index in [2.05, 4.69) is 17.4 Å². The van der Waals surface area contributed by atoms with Crippen molar-refractivity contribution in [3.8, 4) is 11.5 Å². The summed E-state index contributed by atoms with van der Waals surface area (Å²) < 4.78 is 11.0. The highest BCUT2D eigenvalue weighted by Crippen LogP contribution is 2.34. The van der Waals surface area contributed by atoms with Crippen LogP contribution in [-0.2, 0) is 13.1 Å². The van der Waals surface area contributed by atoms with Crippen LogP contribution in [0.2, 0.25) is 5.02 Å². The molecule has 0 saturated heterocycles. The molecule has 0 aliphatic heterocycles. The lowest BCUT2D eigenvalue weighted by molar-refractivity contribution is 0.307. The van der Waals surface area contributed by atoms with Crippen molar-refractivity contribution in [1.82, 2.24) is 5.32 Å². The van der Waals surface area contributed by atoms with Gasteiger partial charge in [-0.1, -0.05) is 41.9 Å². The fourth-order valence-corrected chi connectivity index (χ4v) is 2.38. The first-order chi connectivity index (χ1) is 10.2. The lowest BCUT2D eigenvalue weighted by Gasteiger charge is -2.15. The molecule has 2 rings (SSSR count). The van der Waals surface area contributed by atoms with Crippen LogP contribution >= 0.6 is 11.6 Å². The standard InChI is InChI=1S/C17H20ClNO2/c1-3-21-17-14(9-15(18)10-16(17)20-2)12-19-11-13-7-5-4-6-8-13/h4-10,19H,3,11-12H2,1-2H3. The van der Waals surface area contributed by atoms with E-state index in [1.807, 2.05) is 31.2 Å². The van der Waals surface area contributed by atoms with E-state index < -0.39 is 0 Å². The van der Waals surface area contributed by atoms with Crippen LogP contribution in [-0.4, -0.2) is 13.7 Å². The maximum atomic E-state index is 6.13. The highest BCUT2D eigenvalue weighted by molar-refractivity contribution is 6.30. The molecule has 0 aliphatic carbocycles. The summed E-state index contributed by atoms with van der Waals surface area (Å²) in [6.45, 7) is 4.00. The molecular formula is C17H20ClNO2. The molecule has 0 bridgehead atoms. The predicted octanol–water partition coefficient (Wildman–Crippen LogP) is 4.04. The topological polar surface area (TPSA) is 30.5 Å². The van der Waals surface area contributed by atoms with E-state index in [-0.39, 0.29) is 0 Å². The number of hydrogen-bond acceptors (Lipinski definition) is 3. The molecule has 3 nitrogen and oxygen atoms in total. The van der Waals surface area contributed by atoms with E-state index in [9.17, 15) is 0 Å². The van der Waals surface area contributed by atoms with Crippen LogP contribution < -0.4 is 14.8 Å². The molecule has 0 saturated carbocycles. The fourth-order valence-electron chi connectivity index (χ4n) is 2.15. The van der Waals surface area contributed by atoms with Gasteiger partial charge in [0, 0.05) is 29.7 Å². The molecular weight excluding hydrogens is 286 g/mol. The van der Waals surface area contributed by atoms with Gasteiger partial charge in [0.2, 0.25) is 0 Å². The van der Waals surface area contributed by atoms with Gasteiger partial charge in [-0.25, -0.2) is 0 Å². The third kappa shape index (κ3) is 4.38. The van der Waals surface area contributed by atoms with Crippen LogP contribution in [0, 0.1) is 0 Å². The highest BCUT2D eigenvalue weighted by atomic mass is 35.5. The Morgan fingerprint density at radius 1 is 1.10 bits per heavy atom. The zero-order valence-corrected chi connectivity index (χ0v) is 13.1. The van der Waals surface area contributed by atoms with Crippen molar-refractivity contribution in [1.29, 1.82) is 0 Å². The Labute approximate surface area is 130 Å². The van der Waals surface area contributed by atoms with Crippen LogP contribution in [0.25, 0.3) is 0 Å². The van der Waals surface area contributed by atoms with Crippen molar-refractivity contribution in [2.75, 3.05) is 13.7 Å². The Balaban J connectivity index is 2.09. The zero-order chi connectivity index (χ0) is 15.1. The number of benzene rings is 2. The summed E-state index contributed by atoms with van der Waals surface area (Å²) in [5.74, 6) is 1.42. The summed E-state index contributed by atoms with van der Waals surface area (Å²) in [7, 11) is 1.62. The largest absolute Gasteiger partial charge is 0.493 e. The molecule has 2 aromatic carbocycles. The Kier molecular flexibility index (Phi) is 5.90. The average molecular weight is 306 g/mol. The molecule has 0 heterocycles. The third-order valence-corrected chi connectivity index (χ3v) is 3.31. The number of rotatable bonds is 7. The third-order valence-electron chi connectivity index (χ3n) is 3.09. The normalized spacial score (nSPS) is 10.4. The van der Waals surface area contributed by atoms with E-state index in [4.69, 9.17) is 21.1 Å². The van der Waals surface area contributed by atoms with Crippen molar-refractivity contribution in [2.24, 2.45) is 0 Å². The highest BCUT2D eigenvalue weighted by Gasteiger charge is 2.12.